The number of hydrogen-bond donors (Lipinski definition) is 0. The predicted octanol–water partition coefficient (Wildman–Crippen LogP) is 1.95. The lowest BCUT2D eigenvalue weighted by molar-refractivity contribution is 0.174. The number of pyridine rings is 1. The Morgan fingerprint density at radius 3 is 2.69 bits per heavy atom. The van der Waals surface area contributed by atoms with E-state index in [2.05, 4.69) is 41.7 Å². The Bertz CT molecular complexity index is 387. The lowest BCUT2D eigenvalue weighted by Crippen LogP contribution is -2.44. The van der Waals surface area contributed by atoms with Crippen molar-refractivity contribution in [2.45, 2.75) is 25.9 Å². The van der Waals surface area contributed by atoms with Crippen LogP contribution in [0.4, 0.5) is 0 Å². The number of likely N-dealkylation sites (N-methyl/N-ethyl adjacent to an activating group) is 1. The van der Waals surface area contributed by atoms with Crippen molar-refractivity contribution in [1.82, 2.24) is 9.47 Å². The number of rotatable bonds is 5. The van der Waals surface area contributed by atoms with Crippen LogP contribution >= 0.6 is 15.9 Å². The van der Waals surface area contributed by atoms with Crippen LogP contribution in [0.15, 0.2) is 29.2 Å². The van der Waals surface area contributed by atoms with Crippen molar-refractivity contribution >= 4 is 15.9 Å². The summed E-state index contributed by atoms with van der Waals surface area (Å²) in [6, 6.07) is 5.25. The van der Waals surface area contributed by atoms with Crippen LogP contribution in [0.5, 0.6) is 0 Å². The van der Waals surface area contributed by atoms with Crippen LogP contribution in [0, 0.1) is 0 Å². The Morgan fingerprint density at radius 1 is 1.44 bits per heavy atom. The van der Waals surface area contributed by atoms with Crippen LogP contribution in [0.3, 0.4) is 0 Å². The second-order valence-electron chi connectivity index (χ2n) is 4.60. The van der Waals surface area contributed by atoms with E-state index in [9.17, 15) is 4.79 Å². The second-order valence-corrected chi connectivity index (χ2v) is 5.16. The van der Waals surface area contributed by atoms with Gasteiger partial charge in [-0.25, -0.2) is 0 Å². The van der Waals surface area contributed by atoms with Gasteiger partial charge in [-0.05, 0) is 27.0 Å². The predicted molar refractivity (Wildman–Crippen MR) is 71.2 cm³/mol. The third-order valence-electron chi connectivity index (χ3n) is 2.94. The second kappa shape index (κ2) is 5.64. The molecule has 0 aliphatic rings. The molecule has 0 amide bonds. The summed E-state index contributed by atoms with van der Waals surface area (Å²) < 4.78 is 1.74. The Balaban J connectivity index is 2.59. The first kappa shape index (κ1) is 13.5. The summed E-state index contributed by atoms with van der Waals surface area (Å²) in [5.74, 6) is 0. The molecule has 4 heteroatoms. The minimum atomic E-state index is 0.0625. The van der Waals surface area contributed by atoms with Crippen molar-refractivity contribution in [2.24, 2.45) is 0 Å². The van der Waals surface area contributed by atoms with E-state index in [0.29, 0.717) is 0 Å². The van der Waals surface area contributed by atoms with Crippen LogP contribution in [0.1, 0.15) is 13.8 Å². The van der Waals surface area contributed by atoms with Gasteiger partial charge in [-0.2, -0.15) is 0 Å². The van der Waals surface area contributed by atoms with Gasteiger partial charge in [0.25, 0.3) is 5.56 Å². The molecule has 1 aromatic heterocycles. The normalized spacial score (nSPS) is 12.1. The molecule has 0 radical (unpaired) electrons. The van der Waals surface area contributed by atoms with Crippen molar-refractivity contribution in [3.05, 3.63) is 34.7 Å². The summed E-state index contributed by atoms with van der Waals surface area (Å²) in [7, 11) is 2.08. The number of halogens is 1. The summed E-state index contributed by atoms with van der Waals surface area (Å²) in [4.78, 5) is 13.7. The fourth-order valence-electron chi connectivity index (χ4n) is 1.31. The van der Waals surface area contributed by atoms with E-state index >= 15 is 0 Å². The minimum Gasteiger partial charge on any atom is -0.314 e. The molecule has 0 saturated carbocycles. The molecule has 0 aromatic carbocycles. The summed E-state index contributed by atoms with van der Waals surface area (Å²) in [6.45, 7) is 5.94. The first-order valence-electron chi connectivity index (χ1n) is 5.40. The third-order valence-corrected chi connectivity index (χ3v) is 4.31. The number of hydrogen-bond acceptors (Lipinski definition) is 2. The van der Waals surface area contributed by atoms with Gasteiger partial charge >= 0.3 is 0 Å². The fraction of sp³-hybridized carbons (Fsp3) is 0.583. The van der Waals surface area contributed by atoms with Gasteiger partial charge in [-0.1, -0.05) is 22.0 Å². The van der Waals surface area contributed by atoms with Crippen molar-refractivity contribution in [1.29, 1.82) is 0 Å². The summed E-state index contributed by atoms with van der Waals surface area (Å²) in [5, 5.41) is 0.917. The average Bonchev–Trinajstić information content (AvgIpc) is 2.27. The van der Waals surface area contributed by atoms with Crippen molar-refractivity contribution in [3.63, 3.8) is 0 Å². The van der Waals surface area contributed by atoms with E-state index < -0.39 is 0 Å². The fourth-order valence-corrected chi connectivity index (χ4v) is 1.74. The lowest BCUT2D eigenvalue weighted by Gasteiger charge is -2.34. The highest BCUT2D eigenvalue weighted by Gasteiger charge is 2.21. The molecular formula is C12H19BrN2O. The number of alkyl halides is 1. The van der Waals surface area contributed by atoms with Crippen LogP contribution in [-0.2, 0) is 6.54 Å². The Morgan fingerprint density at radius 2 is 2.12 bits per heavy atom. The molecular weight excluding hydrogens is 268 g/mol. The molecule has 0 saturated heterocycles. The Labute approximate surface area is 105 Å². The zero-order chi connectivity index (χ0) is 12.2. The smallest absolute Gasteiger partial charge is 0.250 e. The highest BCUT2D eigenvalue weighted by Crippen LogP contribution is 2.14. The summed E-state index contributed by atoms with van der Waals surface area (Å²) in [5.41, 5.74) is 0.172. The molecule has 0 N–H and O–H groups in total. The maximum atomic E-state index is 11.5. The summed E-state index contributed by atoms with van der Waals surface area (Å²) >= 11 is 3.50. The molecule has 3 nitrogen and oxygen atoms in total. The van der Waals surface area contributed by atoms with Crippen LogP contribution in [0.25, 0.3) is 0 Å². The van der Waals surface area contributed by atoms with Crippen molar-refractivity contribution in [2.75, 3.05) is 18.9 Å². The Hall–Kier alpha value is -0.610. The van der Waals surface area contributed by atoms with Gasteiger partial charge in [0.15, 0.2) is 0 Å². The molecule has 90 valence electrons. The molecule has 0 bridgehead atoms. The first-order valence-corrected chi connectivity index (χ1v) is 6.52. The van der Waals surface area contributed by atoms with Gasteiger partial charge in [0.05, 0.1) is 0 Å². The molecule has 0 spiro atoms. The zero-order valence-electron chi connectivity index (χ0n) is 10.1. The van der Waals surface area contributed by atoms with Crippen LogP contribution in [-0.4, -0.2) is 33.9 Å². The summed E-state index contributed by atoms with van der Waals surface area (Å²) in [6.07, 6.45) is 1.83. The third kappa shape index (κ3) is 3.46. The van der Waals surface area contributed by atoms with Gasteiger partial charge in [-0.3, -0.25) is 9.69 Å². The van der Waals surface area contributed by atoms with Crippen LogP contribution < -0.4 is 5.56 Å². The number of aromatic nitrogens is 1. The van der Waals surface area contributed by atoms with Crippen LogP contribution in [0.2, 0.25) is 0 Å². The SMILES string of the molecule is CN(CCn1ccccc1=O)C(C)(C)CBr. The van der Waals surface area contributed by atoms with Gasteiger partial charge in [-0.15, -0.1) is 0 Å². The first-order chi connectivity index (χ1) is 7.47. The maximum Gasteiger partial charge on any atom is 0.250 e. The molecule has 16 heavy (non-hydrogen) atoms. The molecule has 1 rings (SSSR count). The topological polar surface area (TPSA) is 25.2 Å². The minimum absolute atomic E-state index is 0.0625. The molecule has 0 aliphatic heterocycles. The molecule has 0 fully saturated rings. The molecule has 0 aliphatic carbocycles. The van der Waals surface area contributed by atoms with E-state index in [0.717, 1.165) is 18.4 Å². The Kier molecular flexibility index (Phi) is 4.74. The quantitative estimate of drug-likeness (QED) is 0.773. The van der Waals surface area contributed by atoms with E-state index in [1.807, 2.05) is 12.3 Å². The average molecular weight is 287 g/mol. The molecule has 1 heterocycles. The molecule has 1 aromatic rings. The molecule has 0 atom stereocenters. The molecule has 0 unspecified atom stereocenters. The lowest BCUT2D eigenvalue weighted by atomic mass is 10.1. The number of nitrogens with zero attached hydrogens (tertiary/aromatic N) is 2. The van der Waals surface area contributed by atoms with E-state index in [1.54, 1.807) is 16.7 Å². The maximum absolute atomic E-state index is 11.5. The van der Waals surface area contributed by atoms with Crippen molar-refractivity contribution in [3.8, 4) is 0 Å². The van der Waals surface area contributed by atoms with Gasteiger partial charge in [0.2, 0.25) is 0 Å². The highest BCUT2D eigenvalue weighted by molar-refractivity contribution is 9.09. The van der Waals surface area contributed by atoms with Crippen molar-refractivity contribution < 1.29 is 0 Å². The van der Waals surface area contributed by atoms with Gasteiger partial charge in [0, 0.05) is 36.2 Å². The highest BCUT2D eigenvalue weighted by atomic mass is 79.9. The standard InChI is InChI=1S/C12H19BrN2O/c1-12(2,10-13)14(3)8-9-15-7-5-4-6-11(15)16/h4-7H,8-10H2,1-3H3. The van der Waals surface area contributed by atoms with E-state index in [1.165, 1.54) is 0 Å². The van der Waals surface area contributed by atoms with E-state index in [4.69, 9.17) is 0 Å². The largest absolute Gasteiger partial charge is 0.314 e. The monoisotopic (exact) mass is 286 g/mol. The van der Waals surface area contributed by atoms with Gasteiger partial charge in [0.1, 0.15) is 0 Å². The zero-order valence-corrected chi connectivity index (χ0v) is 11.7. The van der Waals surface area contributed by atoms with E-state index in [-0.39, 0.29) is 11.1 Å². The van der Waals surface area contributed by atoms with Gasteiger partial charge < -0.3 is 4.57 Å².